The van der Waals surface area contributed by atoms with E-state index in [-0.39, 0.29) is 0 Å². The fourth-order valence-electron chi connectivity index (χ4n) is 3.69. The van der Waals surface area contributed by atoms with Gasteiger partial charge in [0.2, 0.25) is 0 Å². The number of hydrogen-bond donors (Lipinski definition) is 1. The van der Waals surface area contributed by atoms with Gasteiger partial charge in [-0.1, -0.05) is 20.3 Å². The molecule has 1 N–H and O–H groups in total. The number of rotatable bonds is 5. The maximum Gasteiger partial charge on any atom is 0.0192 e. The fraction of sp³-hybridized carbons (Fsp3) is 1.00. The van der Waals surface area contributed by atoms with Crippen molar-refractivity contribution in [1.82, 2.24) is 10.2 Å². The molecule has 0 spiro atoms. The van der Waals surface area contributed by atoms with Crippen molar-refractivity contribution in [2.75, 3.05) is 19.6 Å². The van der Waals surface area contributed by atoms with Gasteiger partial charge in [0, 0.05) is 18.6 Å². The molecule has 3 unspecified atom stereocenters. The Morgan fingerprint density at radius 1 is 1.19 bits per heavy atom. The van der Waals surface area contributed by atoms with Crippen LogP contribution in [0.25, 0.3) is 0 Å². The molecule has 94 valence electrons. The highest BCUT2D eigenvalue weighted by atomic mass is 15.2. The van der Waals surface area contributed by atoms with Crippen LogP contribution in [0.1, 0.15) is 52.4 Å². The second kappa shape index (κ2) is 6.02. The van der Waals surface area contributed by atoms with E-state index in [1.54, 1.807) is 0 Å². The molecule has 0 amide bonds. The highest BCUT2D eigenvalue weighted by Gasteiger charge is 2.35. The number of nitrogens with one attached hydrogen (secondary N) is 1. The molecule has 2 heteroatoms. The zero-order chi connectivity index (χ0) is 11.4. The van der Waals surface area contributed by atoms with Gasteiger partial charge in [0.1, 0.15) is 0 Å². The zero-order valence-electron chi connectivity index (χ0n) is 11.0. The molecule has 2 aliphatic rings. The third-order valence-electron chi connectivity index (χ3n) is 4.55. The van der Waals surface area contributed by atoms with Crippen molar-refractivity contribution in [3.8, 4) is 0 Å². The summed E-state index contributed by atoms with van der Waals surface area (Å²) in [5.41, 5.74) is 0. The number of likely N-dealkylation sites (N-methyl/N-ethyl adjacent to an activating group) is 1. The molecule has 1 aliphatic heterocycles. The molecule has 0 aromatic heterocycles. The third kappa shape index (κ3) is 2.78. The first-order chi connectivity index (χ1) is 7.85. The summed E-state index contributed by atoms with van der Waals surface area (Å²) >= 11 is 0. The topological polar surface area (TPSA) is 15.3 Å². The Bertz CT molecular complexity index is 205. The maximum absolute atomic E-state index is 3.62. The van der Waals surface area contributed by atoms with E-state index in [9.17, 15) is 0 Å². The Hall–Kier alpha value is -0.0800. The quantitative estimate of drug-likeness (QED) is 0.772. The van der Waals surface area contributed by atoms with Crippen molar-refractivity contribution in [2.45, 2.75) is 64.5 Å². The predicted octanol–water partition coefficient (Wildman–Crippen LogP) is 2.64. The summed E-state index contributed by atoms with van der Waals surface area (Å²) in [6.07, 6.45) is 8.64. The molecule has 0 aromatic carbocycles. The smallest absolute Gasteiger partial charge is 0.0192 e. The molecule has 0 bridgehead atoms. The maximum atomic E-state index is 3.62. The molecule has 0 radical (unpaired) electrons. The van der Waals surface area contributed by atoms with Gasteiger partial charge in [0.25, 0.3) is 0 Å². The monoisotopic (exact) mass is 224 g/mol. The number of piperidine rings is 1. The van der Waals surface area contributed by atoms with Gasteiger partial charge in [-0.05, 0) is 51.1 Å². The van der Waals surface area contributed by atoms with E-state index >= 15 is 0 Å². The van der Waals surface area contributed by atoms with E-state index in [0.717, 1.165) is 18.5 Å². The van der Waals surface area contributed by atoms with Crippen molar-refractivity contribution in [3.63, 3.8) is 0 Å². The van der Waals surface area contributed by atoms with Crippen LogP contribution in [0.2, 0.25) is 0 Å². The minimum Gasteiger partial charge on any atom is -0.313 e. The molecule has 1 heterocycles. The Labute approximate surface area is 101 Å². The van der Waals surface area contributed by atoms with Crippen LogP contribution in [-0.2, 0) is 0 Å². The van der Waals surface area contributed by atoms with Crippen LogP contribution in [0.3, 0.4) is 0 Å². The van der Waals surface area contributed by atoms with Crippen molar-refractivity contribution >= 4 is 0 Å². The number of fused-ring (bicyclic) bond motifs is 1. The number of likely N-dealkylation sites (tertiary alicyclic amines) is 1. The molecule has 1 aliphatic carbocycles. The summed E-state index contributed by atoms with van der Waals surface area (Å²) in [6, 6.07) is 1.64. The normalized spacial score (nSPS) is 32.6. The predicted molar refractivity (Wildman–Crippen MR) is 69.7 cm³/mol. The van der Waals surface area contributed by atoms with E-state index in [1.165, 1.54) is 51.6 Å². The van der Waals surface area contributed by atoms with E-state index in [2.05, 4.69) is 24.1 Å². The van der Waals surface area contributed by atoms with Crippen LogP contribution in [0.4, 0.5) is 0 Å². The lowest BCUT2D eigenvalue weighted by Crippen LogP contribution is -2.49. The lowest BCUT2D eigenvalue weighted by molar-refractivity contribution is 0.101. The van der Waals surface area contributed by atoms with Crippen molar-refractivity contribution < 1.29 is 0 Å². The first-order valence-electron chi connectivity index (χ1n) is 7.32. The van der Waals surface area contributed by atoms with Gasteiger partial charge in [-0.25, -0.2) is 0 Å². The van der Waals surface area contributed by atoms with E-state index in [4.69, 9.17) is 0 Å². The van der Waals surface area contributed by atoms with Crippen molar-refractivity contribution in [2.24, 2.45) is 5.92 Å². The van der Waals surface area contributed by atoms with Crippen LogP contribution >= 0.6 is 0 Å². The second-order valence-electron chi connectivity index (χ2n) is 5.56. The van der Waals surface area contributed by atoms with Crippen LogP contribution in [-0.4, -0.2) is 36.6 Å². The van der Waals surface area contributed by atoms with Crippen LogP contribution in [0.15, 0.2) is 0 Å². The second-order valence-corrected chi connectivity index (χ2v) is 5.56. The molecular weight excluding hydrogens is 196 g/mol. The molecule has 1 saturated heterocycles. The highest BCUT2D eigenvalue weighted by molar-refractivity contribution is 4.90. The molecule has 2 nitrogen and oxygen atoms in total. The molecule has 2 rings (SSSR count). The van der Waals surface area contributed by atoms with E-state index in [1.807, 2.05) is 0 Å². The van der Waals surface area contributed by atoms with Crippen LogP contribution < -0.4 is 5.32 Å². The minimum atomic E-state index is 0.712. The van der Waals surface area contributed by atoms with Crippen molar-refractivity contribution in [1.29, 1.82) is 0 Å². The fourth-order valence-corrected chi connectivity index (χ4v) is 3.69. The molecule has 2 fully saturated rings. The van der Waals surface area contributed by atoms with Gasteiger partial charge < -0.3 is 5.32 Å². The van der Waals surface area contributed by atoms with E-state index < -0.39 is 0 Å². The van der Waals surface area contributed by atoms with Crippen LogP contribution in [0, 0.1) is 5.92 Å². The first kappa shape index (κ1) is 12.4. The molecular formula is C14H28N2. The largest absolute Gasteiger partial charge is 0.313 e. The third-order valence-corrected chi connectivity index (χ3v) is 4.55. The Balaban J connectivity index is 1.87. The zero-order valence-corrected chi connectivity index (χ0v) is 11.0. The van der Waals surface area contributed by atoms with Crippen molar-refractivity contribution in [3.05, 3.63) is 0 Å². The Morgan fingerprint density at radius 3 is 2.75 bits per heavy atom. The SMILES string of the molecule is CCNC(CC)CN1CCCC2CCCC21. The average molecular weight is 224 g/mol. The van der Waals surface area contributed by atoms with Gasteiger partial charge in [-0.3, -0.25) is 4.90 Å². The van der Waals surface area contributed by atoms with Gasteiger partial charge >= 0.3 is 0 Å². The average Bonchev–Trinajstić information content (AvgIpc) is 2.77. The Kier molecular flexibility index (Phi) is 4.66. The molecule has 1 saturated carbocycles. The summed E-state index contributed by atoms with van der Waals surface area (Å²) < 4.78 is 0. The summed E-state index contributed by atoms with van der Waals surface area (Å²) in [5.74, 6) is 1.04. The van der Waals surface area contributed by atoms with Gasteiger partial charge in [-0.2, -0.15) is 0 Å². The first-order valence-corrected chi connectivity index (χ1v) is 7.32. The summed E-state index contributed by atoms with van der Waals surface area (Å²) in [5, 5.41) is 3.62. The molecule has 0 aromatic rings. The van der Waals surface area contributed by atoms with Gasteiger partial charge in [0.15, 0.2) is 0 Å². The minimum absolute atomic E-state index is 0.712. The summed E-state index contributed by atoms with van der Waals surface area (Å²) in [4.78, 5) is 2.79. The standard InChI is InChI=1S/C14H28N2/c1-3-13(15-4-2)11-16-10-6-8-12-7-5-9-14(12)16/h12-15H,3-11H2,1-2H3. The van der Waals surface area contributed by atoms with Gasteiger partial charge in [-0.15, -0.1) is 0 Å². The Morgan fingerprint density at radius 2 is 2.00 bits per heavy atom. The summed E-state index contributed by atoms with van der Waals surface area (Å²) in [7, 11) is 0. The lowest BCUT2D eigenvalue weighted by atomic mass is 9.91. The van der Waals surface area contributed by atoms with E-state index in [0.29, 0.717) is 6.04 Å². The summed E-state index contributed by atoms with van der Waals surface area (Å²) in [6.45, 7) is 8.27. The molecule has 3 atom stereocenters. The van der Waals surface area contributed by atoms with Gasteiger partial charge in [0.05, 0.1) is 0 Å². The number of hydrogen-bond acceptors (Lipinski definition) is 2. The van der Waals surface area contributed by atoms with Crippen LogP contribution in [0.5, 0.6) is 0 Å². The molecule has 16 heavy (non-hydrogen) atoms. The highest BCUT2D eigenvalue weighted by Crippen LogP contribution is 2.36. The lowest BCUT2D eigenvalue weighted by Gasteiger charge is -2.39. The number of nitrogens with zero attached hydrogens (tertiary/aromatic N) is 1.